The molecule has 1 N–H and O–H groups in total. The second-order valence-electron chi connectivity index (χ2n) is 7.72. The Morgan fingerprint density at radius 1 is 0.903 bits per heavy atom. The van der Waals surface area contributed by atoms with Gasteiger partial charge in [-0.05, 0) is 74.7 Å². The van der Waals surface area contributed by atoms with Gasteiger partial charge in [-0.1, -0.05) is 13.3 Å². The first-order valence-electron chi connectivity index (χ1n) is 11.2. The van der Waals surface area contributed by atoms with E-state index in [9.17, 15) is 9.59 Å². The Bertz CT molecular complexity index is 841. The van der Waals surface area contributed by atoms with Gasteiger partial charge in [0.2, 0.25) is 0 Å². The van der Waals surface area contributed by atoms with Crippen LogP contribution in [0.25, 0.3) is 0 Å². The van der Waals surface area contributed by atoms with Crippen LogP contribution in [0, 0.1) is 0 Å². The minimum Gasteiger partial charge on any atom is -0.494 e. The summed E-state index contributed by atoms with van der Waals surface area (Å²) in [5.74, 6) is 1.48. The second kappa shape index (κ2) is 11.4. The number of hydrogen-bond donors (Lipinski definition) is 1. The van der Waals surface area contributed by atoms with Gasteiger partial charge < -0.3 is 19.7 Å². The number of carbonyl (C=O) groups is 2. The molecule has 1 aliphatic rings. The van der Waals surface area contributed by atoms with Crippen LogP contribution in [0.3, 0.4) is 0 Å². The SMILES string of the molecule is CCCCOc1ccc(C(=O)NC2CCN(C(=O)c3ccc(OCC)cc3)CC2)cc1. The van der Waals surface area contributed by atoms with Gasteiger partial charge in [0.15, 0.2) is 0 Å². The smallest absolute Gasteiger partial charge is 0.253 e. The Morgan fingerprint density at radius 3 is 2.06 bits per heavy atom. The fraction of sp³-hybridized carbons (Fsp3) is 0.440. The van der Waals surface area contributed by atoms with E-state index in [0.717, 1.165) is 37.2 Å². The Kier molecular flexibility index (Phi) is 8.33. The molecule has 0 atom stereocenters. The normalized spacial score (nSPS) is 14.2. The largest absolute Gasteiger partial charge is 0.494 e. The first-order chi connectivity index (χ1) is 15.1. The van der Waals surface area contributed by atoms with Crippen molar-refractivity contribution < 1.29 is 19.1 Å². The highest BCUT2D eigenvalue weighted by Crippen LogP contribution is 2.18. The molecule has 1 aliphatic heterocycles. The number of carbonyl (C=O) groups excluding carboxylic acids is 2. The van der Waals surface area contributed by atoms with Crippen molar-refractivity contribution >= 4 is 11.8 Å². The quantitative estimate of drug-likeness (QED) is 0.610. The zero-order chi connectivity index (χ0) is 22.1. The van der Waals surface area contributed by atoms with E-state index in [1.165, 1.54) is 0 Å². The lowest BCUT2D eigenvalue weighted by Gasteiger charge is -2.32. The number of likely N-dealkylation sites (tertiary alicyclic amines) is 1. The highest BCUT2D eigenvalue weighted by Gasteiger charge is 2.25. The van der Waals surface area contributed by atoms with E-state index >= 15 is 0 Å². The zero-order valence-electron chi connectivity index (χ0n) is 18.4. The lowest BCUT2D eigenvalue weighted by atomic mass is 10.0. The van der Waals surface area contributed by atoms with Crippen molar-refractivity contribution in [3.05, 3.63) is 59.7 Å². The molecule has 2 aromatic rings. The lowest BCUT2D eigenvalue weighted by molar-refractivity contribution is 0.0698. The molecule has 3 rings (SSSR count). The molecule has 0 spiro atoms. The monoisotopic (exact) mass is 424 g/mol. The van der Waals surface area contributed by atoms with Crippen LogP contribution in [-0.4, -0.2) is 49.1 Å². The minimum absolute atomic E-state index is 0.0199. The molecule has 0 radical (unpaired) electrons. The summed E-state index contributed by atoms with van der Waals surface area (Å²) in [6.07, 6.45) is 3.59. The van der Waals surface area contributed by atoms with Gasteiger partial charge in [0, 0.05) is 30.3 Å². The molecule has 1 fully saturated rings. The van der Waals surface area contributed by atoms with Crippen molar-refractivity contribution in [3.8, 4) is 11.5 Å². The predicted octanol–water partition coefficient (Wildman–Crippen LogP) is 4.30. The minimum atomic E-state index is -0.0867. The van der Waals surface area contributed by atoms with Gasteiger partial charge in [0.05, 0.1) is 13.2 Å². The van der Waals surface area contributed by atoms with Crippen LogP contribution < -0.4 is 14.8 Å². The van der Waals surface area contributed by atoms with E-state index in [2.05, 4.69) is 12.2 Å². The van der Waals surface area contributed by atoms with Gasteiger partial charge in [-0.15, -0.1) is 0 Å². The number of unbranched alkanes of at least 4 members (excludes halogenated alkanes) is 1. The summed E-state index contributed by atoms with van der Waals surface area (Å²) in [6.45, 7) is 6.60. The summed E-state index contributed by atoms with van der Waals surface area (Å²) in [5.41, 5.74) is 1.28. The summed E-state index contributed by atoms with van der Waals surface area (Å²) in [5, 5.41) is 3.09. The van der Waals surface area contributed by atoms with Crippen molar-refractivity contribution in [1.82, 2.24) is 10.2 Å². The number of piperidine rings is 1. The molecule has 2 amide bonds. The van der Waals surface area contributed by atoms with Gasteiger partial charge in [0.1, 0.15) is 11.5 Å². The van der Waals surface area contributed by atoms with Gasteiger partial charge >= 0.3 is 0 Å². The summed E-state index contributed by atoms with van der Waals surface area (Å²) >= 11 is 0. The first kappa shape index (κ1) is 22.7. The van der Waals surface area contributed by atoms with Crippen molar-refractivity contribution in [2.45, 2.75) is 45.6 Å². The molecule has 2 aromatic carbocycles. The van der Waals surface area contributed by atoms with E-state index in [4.69, 9.17) is 9.47 Å². The number of nitrogens with one attached hydrogen (secondary N) is 1. The van der Waals surface area contributed by atoms with Crippen LogP contribution in [0.15, 0.2) is 48.5 Å². The van der Waals surface area contributed by atoms with Crippen LogP contribution in [0.2, 0.25) is 0 Å². The van der Waals surface area contributed by atoms with E-state index in [1.807, 2.05) is 36.1 Å². The van der Waals surface area contributed by atoms with Crippen LogP contribution >= 0.6 is 0 Å². The third kappa shape index (κ3) is 6.48. The summed E-state index contributed by atoms with van der Waals surface area (Å²) in [6, 6.07) is 14.6. The van der Waals surface area contributed by atoms with E-state index in [1.54, 1.807) is 24.3 Å². The highest BCUT2D eigenvalue weighted by atomic mass is 16.5. The first-order valence-corrected chi connectivity index (χ1v) is 11.2. The van der Waals surface area contributed by atoms with Crippen LogP contribution in [0.4, 0.5) is 0 Å². The van der Waals surface area contributed by atoms with Gasteiger partial charge in [-0.25, -0.2) is 0 Å². The van der Waals surface area contributed by atoms with E-state index in [-0.39, 0.29) is 17.9 Å². The molecule has 6 heteroatoms. The summed E-state index contributed by atoms with van der Waals surface area (Å²) < 4.78 is 11.1. The maximum atomic E-state index is 12.7. The number of hydrogen-bond acceptors (Lipinski definition) is 4. The molecular formula is C25H32N2O4. The fourth-order valence-electron chi connectivity index (χ4n) is 3.58. The lowest BCUT2D eigenvalue weighted by Crippen LogP contribution is -2.46. The molecule has 0 saturated carbocycles. The van der Waals surface area contributed by atoms with Crippen molar-refractivity contribution in [1.29, 1.82) is 0 Å². The summed E-state index contributed by atoms with van der Waals surface area (Å²) in [7, 11) is 0. The molecule has 1 heterocycles. The number of benzene rings is 2. The Morgan fingerprint density at radius 2 is 1.48 bits per heavy atom. The van der Waals surface area contributed by atoms with Crippen molar-refractivity contribution in [3.63, 3.8) is 0 Å². The topological polar surface area (TPSA) is 67.9 Å². The number of rotatable bonds is 9. The zero-order valence-corrected chi connectivity index (χ0v) is 18.4. The maximum absolute atomic E-state index is 12.7. The Labute approximate surface area is 184 Å². The molecule has 0 aliphatic carbocycles. The molecule has 0 aromatic heterocycles. The third-order valence-corrected chi connectivity index (χ3v) is 5.41. The van der Waals surface area contributed by atoms with Gasteiger partial charge in [0.25, 0.3) is 11.8 Å². The molecule has 1 saturated heterocycles. The second-order valence-corrected chi connectivity index (χ2v) is 7.72. The molecule has 166 valence electrons. The molecule has 31 heavy (non-hydrogen) atoms. The van der Waals surface area contributed by atoms with Gasteiger partial charge in [-0.2, -0.15) is 0 Å². The Hall–Kier alpha value is -3.02. The number of ether oxygens (including phenoxy) is 2. The number of amides is 2. The van der Waals surface area contributed by atoms with E-state index < -0.39 is 0 Å². The number of nitrogens with zero attached hydrogens (tertiary/aromatic N) is 1. The van der Waals surface area contributed by atoms with Gasteiger partial charge in [-0.3, -0.25) is 9.59 Å². The van der Waals surface area contributed by atoms with Crippen LogP contribution in [-0.2, 0) is 0 Å². The van der Waals surface area contributed by atoms with Crippen LogP contribution in [0.5, 0.6) is 11.5 Å². The van der Waals surface area contributed by atoms with Crippen LogP contribution in [0.1, 0.15) is 60.2 Å². The molecule has 6 nitrogen and oxygen atoms in total. The molecule has 0 bridgehead atoms. The highest BCUT2D eigenvalue weighted by molar-refractivity contribution is 5.95. The maximum Gasteiger partial charge on any atom is 0.253 e. The Balaban J connectivity index is 1.46. The molecule has 0 unspecified atom stereocenters. The predicted molar refractivity (Wildman–Crippen MR) is 121 cm³/mol. The standard InChI is InChI=1S/C25H32N2O4/c1-3-5-18-31-23-10-6-19(7-11-23)24(28)26-21-14-16-27(17-15-21)25(29)20-8-12-22(13-9-20)30-4-2/h6-13,21H,3-5,14-18H2,1-2H3,(H,26,28). The molecular weight excluding hydrogens is 392 g/mol. The third-order valence-electron chi connectivity index (χ3n) is 5.41. The van der Waals surface area contributed by atoms with Crippen molar-refractivity contribution in [2.75, 3.05) is 26.3 Å². The van der Waals surface area contributed by atoms with Crippen molar-refractivity contribution in [2.24, 2.45) is 0 Å². The summed E-state index contributed by atoms with van der Waals surface area (Å²) in [4.78, 5) is 27.1. The van der Waals surface area contributed by atoms with E-state index in [0.29, 0.717) is 37.4 Å². The average molecular weight is 425 g/mol. The average Bonchev–Trinajstić information content (AvgIpc) is 2.80. The fourth-order valence-corrected chi connectivity index (χ4v) is 3.58.